The maximum Gasteiger partial charge on any atom is 0.254 e. The molecule has 2 aromatic rings. The van der Waals surface area contributed by atoms with Crippen LogP contribution in [-0.2, 0) is 4.74 Å². The SMILES string of the molecule is COCCOc1cccc(C(=O)N2CCC[C@H](n3ccnc3)C2)c1. The number of nitrogens with zero attached hydrogens (tertiary/aromatic N) is 3. The van der Waals surface area contributed by atoms with Crippen LogP contribution in [0.3, 0.4) is 0 Å². The van der Waals surface area contributed by atoms with Gasteiger partial charge < -0.3 is 18.9 Å². The van der Waals surface area contributed by atoms with Crippen LogP contribution in [0.5, 0.6) is 5.75 Å². The molecule has 0 bridgehead atoms. The number of amides is 1. The number of ether oxygens (including phenoxy) is 2. The first-order chi connectivity index (χ1) is 11.8. The van der Waals surface area contributed by atoms with Gasteiger partial charge in [0.05, 0.1) is 19.0 Å². The Morgan fingerprint density at radius 2 is 2.29 bits per heavy atom. The Labute approximate surface area is 142 Å². The van der Waals surface area contributed by atoms with Gasteiger partial charge in [0.15, 0.2) is 0 Å². The summed E-state index contributed by atoms with van der Waals surface area (Å²) in [5, 5.41) is 0. The van der Waals surface area contributed by atoms with Gasteiger partial charge in [-0.2, -0.15) is 0 Å². The Kier molecular flexibility index (Phi) is 5.48. The highest BCUT2D eigenvalue weighted by atomic mass is 16.5. The molecule has 1 aromatic heterocycles. The summed E-state index contributed by atoms with van der Waals surface area (Å²) in [5.41, 5.74) is 0.663. The fourth-order valence-corrected chi connectivity index (χ4v) is 3.01. The number of hydrogen-bond donors (Lipinski definition) is 0. The van der Waals surface area contributed by atoms with E-state index < -0.39 is 0 Å². The smallest absolute Gasteiger partial charge is 0.254 e. The molecule has 1 saturated heterocycles. The lowest BCUT2D eigenvalue weighted by Gasteiger charge is -2.33. The number of aromatic nitrogens is 2. The predicted octanol–water partition coefficient (Wildman–Crippen LogP) is 2.39. The second-order valence-electron chi connectivity index (χ2n) is 5.93. The summed E-state index contributed by atoms with van der Waals surface area (Å²) >= 11 is 0. The maximum absolute atomic E-state index is 12.8. The van der Waals surface area contributed by atoms with Crippen LogP contribution in [0.4, 0.5) is 0 Å². The molecule has 6 heteroatoms. The predicted molar refractivity (Wildman–Crippen MR) is 90.2 cm³/mol. The molecule has 1 aliphatic rings. The van der Waals surface area contributed by atoms with E-state index in [0.717, 1.165) is 19.4 Å². The standard InChI is InChI=1S/C18H23N3O3/c1-23-10-11-24-17-6-2-4-15(12-17)18(22)20-8-3-5-16(13-20)21-9-7-19-14-21/h2,4,6-7,9,12,14,16H,3,5,8,10-11,13H2,1H3/t16-/m0/s1. The van der Waals surface area contributed by atoms with Crippen LogP contribution in [-0.4, -0.2) is 53.8 Å². The van der Waals surface area contributed by atoms with Gasteiger partial charge >= 0.3 is 0 Å². The molecule has 0 N–H and O–H groups in total. The Hall–Kier alpha value is -2.34. The van der Waals surface area contributed by atoms with Gasteiger partial charge in [-0.05, 0) is 31.0 Å². The molecule has 1 fully saturated rings. The third-order valence-corrected chi connectivity index (χ3v) is 4.27. The van der Waals surface area contributed by atoms with Crippen molar-refractivity contribution in [3.05, 3.63) is 48.5 Å². The van der Waals surface area contributed by atoms with E-state index in [1.165, 1.54) is 0 Å². The van der Waals surface area contributed by atoms with Crippen molar-refractivity contribution in [2.75, 3.05) is 33.4 Å². The average molecular weight is 329 g/mol. The Morgan fingerprint density at radius 1 is 1.38 bits per heavy atom. The summed E-state index contributed by atoms with van der Waals surface area (Å²) in [6.45, 7) is 2.50. The fraction of sp³-hybridized carbons (Fsp3) is 0.444. The molecule has 0 aliphatic carbocycles. The molecule has 3 rings (SSSR count). The number of carbonyl (C=O) groups excluding carboxylic acids is 1. The number of likely N-dealkylation sites (tertiary alicyclic amines) is 1. The van der Waals surface area contributed by atoms with Gasteiger partial charge in [0.1, 0.15) is 12.4 Å². The topological polar surface area (TPSA) is 56.6 Å². The van der Waals surface area contributed by atoms with Gasteiger partial charge in [-0.3, -0.25) is 4.79 Å². The van der Waals surface area contributed by atoms with Crippen LogP contribution in [0.25, 0.3) is 0 Å². The third kappa shape index (κ3) is 3.94. The van der Waals surface area contributed by atoms with Crippen molar-refractivity contribution in [2.45, 2.75) is 18.9 Å². The lowest BCUT2D eigenvalue weighted by Crippen LogP contribution is -2.40. The quantitative estimate of drug-likeness (QED) is 0.764. The van der Waals surface area contributed by atoms with Gasteiger partial charge in [0.25, 0.3) is 5.91 Å². The fourth-order valence-electron chi connectivity index (χ4n) is 3.01. The van der Waals surface area contributed by atoms with Gasteiger partial charge in [0.2, 0.25) is 0 Å². The molecule has 128 valence electrons. The zero-order valence-corrected chi connectivity index (χ0v) is 13.9. The zero-order valence-electron chi connectivity index (χ0n) is 13.9. The first-order valence-corrected chi connectivity index (χ1v) is 8.26. The normalized spacial score (nSPS) is 17.7. The zero-order chi connectivity index (χ0) is 16.8. The number of hydrogen-bond acceptors (Lipinski definition) is 4. The molecule has 1 amide bonds. The maximum atomic E-state index is 12.8. The highest BCUT2D eigenvalue weighted by Crippen LogP contribution is 2.23. The molecule has 1 atom stereocenters. The van der Waals surface area contributed by atoms with E-state index in [4.69, 9.17) is 9.47 Å². The number of carbonyl (C=O) groups is 1. The largest absolute Gasteiger partial charge is 0.491 e. The first kappa shape index (κ1) is 16.5. The molecular formula is C18H23N3O3. The minimum atomic E-state index is 0.0528. The van der Waals surface area contributed by atoms with Crippen LogP contribution < -0.4 is 4.74 Å². The van der Waals surface area contributed by atoms with Crippen molar-refractivity contribution >= 4 is 5.91 Å². The molecule has 0 spiro atoms. The Morgan fingerprint density at radius 3 is 3.08 bits per heavy atom. The summed E-state index contributed by atoms with van der Waals surface area (Å²) in [5.74, 6) is 0.748. The molecule has 0 unspecified atom stereocenters. The van der Waals surface area contributed by atoms with Crippen LogP contribution in [0.1, 0.15) is 29.2 Å². The van der Waals surface area contributed by atoms with Crippen LogP contribution >= 0.6 is 0 Å². The number of methoxy groups -OCH3 is 1. The van der Waals surface area contributed by atoms with Crippen molar-refractivity contribution in [3.63, 3.8) is 0 Å². The van der Waals surface area contributed by atoms with E-state index in [-0.39, 0.29) is 5.91 Å². The highest BCUT2D eigenvalue weighted by molar-refractivity contribution is 5.94. The minimum Gasteiger partial charge on any atom is -0.491 e. The van der Waals surface area contributed by atoms with Crippen molar-refractivity contribution in [1.82, 2.24) is 14.5 Å². The highest BCUT2D eigenvalue weighted by Gasteiger charge is 2.25. The van der Waals surface area contributed by atoms with E-state index in [0.29, 0.717) is 37.1 Å². The van der Waals surface area contributed by atoms with Gasteiger partial charge in [-0.1, -0.05) is 6.07 Å². The van der Waals surface area contributed by atoms with E-state index in [1.807, 2.05) is 35.6 Å². The Balaban J connectivity index is 1.66. The molecule has 1 aromatic carbocycles. The monoisotopic (exact) mass is 329 g/mol. The number of piperidine rings is 1. The summed E-state index contributed by atoms with van der Waals surface area (Å²) in [7, 11) is 1.64. The molecular weight excluding hydrogens is 306 g/mol. The summed E-state index contributed by atoms with van der Waals surface area (Å²) in [6.07, 6.45) is 7.63. The molecule has 0 radical (unpaired) electrons. The summed E-state index contributed by atoms with van der Waals surface area (Å²) in [4.78, 5) is 18.8. The molecule has 24 heavy (non-hydrogen) atoms. The third-order valence-electron chi connectivity index (χ3n) is 4.27. The van der Waals surface area contributed by atoms with E-state index in [2.05, 4.69) is 9.55 Å². The van der Waals surface area contributed by atoms with Gasteiger partial charge in [-0.15, -0.1) is 0 Å². The summed E-state index contributed by atoms with van der Waals surface area (Å²) in [6, 6.07) is 7.65. The molecule has 1 aliphatic heterocycles. The van der Waals surface area contributed by atoms with Crippen molar-refractivity contribution in [3.8, 4) is 5.75 Å². The molecule has 2 heterocycles. The van der Waals surface area contributed by atoms with Crippen LogP contribution in [0.15, 0.2) is 43.0 Å². The van der Waals surface area contributed by atoms with Crippen molar-refractivity contribution in [2.24, 2.45) is 0 Å². The lowest BCUT2D eigenvalue weighted by molar-refractivity contribution is 0.0679. The molecule has 6 nitrogen and oxygen atoms in total. The number of benzene rings is 1. The number of rotatable bonds is 6. The van der Waals surface area contributed by atoms with E-state index in [9.17, 15) is 4.79 Å². The van der Waals surface area contributed by atoms with Gasteiger partial charge in [-0.25, -0.2) is 4.98 Å². The Bertz CT molecular complexity index is 657. The van der Waals surface area contributed by atoms with Crippen molar-refractivity contribution in [1.29, 1.82) is 0 Å². The molecule has 0 saturated carbocycles. The second kappa shape index (κ2) is 7.97. The van der Waals surface area contributed by atoms with Gasteiger partial charge in [0, 0.05) is 38.2 Å². The summed E-state index contributed by atoms with van der Waals surface area (Å²) < 4.78 is 12.7. The van der Waals surface area contributed by atoms with Crippen LogP contribution in [0.2, 0.25) is 0 Å². The lowest BCUT2D eigenvalue weighted by atomic mass is 10.0. The van der Waals surface area contributed by atoms with E-state index in [1.54, 1.807) is 19.4 Å². The minimum absolute atomic E-state index is 0.0528. The average Bonchev–Trinajstić information content (AvgIpc) is 3.16. The first-order valence-electron chi connectivity index (χ1n) is 8.26. The van der Waals surface area contributed by atoms with Crippen molar-refractivity contribution < 1.29 is 14.3 Å². The van der Waals surface area contributed by atoms with Crippen LogP contribution in [0, 0.1) is 0 Å². The number of imidazole rings is 1. The second-order valence-corrected chi connectivity index (χ2v) is 5.93. The van der Waals surface area contributed by atoms with E-state index >= 15 is 0 Å².